The van der Waals surface area contributed by atoms with E-state index in [1.165, 1.54) is 0 Å². The van der Waals surface area contributed by atoms with Crippen LogP contribution in [-0.4, -0.2) is 82.4 Å². The Kier molecular flexibility index (Phi) is 11.0. The van der Waals surface area contributed by atoms with Crippen molar-refractivity contribution in [3.05, 3.63) is 124 Å². The van der Waals surface area contributed by atoms with Crippen LogP contribution >= 0.6 is 0 Å². The van der Waals surface area contributed by atoms with Crippen molar-refractivity contribution in [2.75, 3.05) is 45.9 Å². The van der Waals surface area contributed by atoms with Gasteiger partial charge in [0, 0.05) is 62.3 Å². The Morgan fingerprint density at radius 2 is 1.64 bits per heavy atom. The first-order valence-electron chi connectivity index (χ1n) is 17.4. The average molecular weight is 677 g/mol. The maximum Gasteiger partial charge on any atom is 0.310 e. The molecule has 1 N–H and O–H groups in total. The lowest BCUT2D eigenvalue weighted by Crippen LogP contribution is -2.50. The standard InChI is InChI=1S/C39H44N6O5/c1-3-50-39(47)31-17-12-20-44(25-31)35(27-45(48)49)43-23-21-42(22-24-43)26-33-36(38(46)40-28(2)29-13-6-4-7-14-29)32-18-10-11-19-34(32)41-37(33)30-15-8-5-9-16-30/h4-11,13-16,18-19,27-28,31H,3,12,17,20-26H2,1-2H3,(H,40,46)/b35-27-. The fourth-order valence-corrected chi connectivity index (χ4v) is 7.05. The fourth-order valence-electron chi connectivity index (χ4n) is 7.05. The first kappa shape index (κ1) is 34.6. The van der Waals surface area contributed by atoms with Gasteiger partial charge in [0.2, 0.25) is 0 Å². The van der Waals surface area contributed by atoms with E-state index in [0.29, 0.717) is 70.2 Å². The number of hydrogen-bond donors (Lipinski definition) is 1. The van der Waals surface area contributed by atoms with Crippen molar-refractivity contribution in [2.24, 2.45) is 5.92 Å². The second kappa shape index (κ2) is 15.9. The van der Waals surface area contributed by atoms with Gasteiger partial charge >= 0.3 is 5.97 Å². The van der Waals surface area contributed by atoms with Crippen LogP contribution < -0.4 is 5.32 Å². The number of nitrogens with zero attached hydrogens (tertiary/aromatic N) is 5. The molecule has 1 aromatic heterocycles. The molecule has 2 fully saturated rings. The van der Waals surface area contributed by atoms with Crippen LogP contribution in [0.15, 0.2) is 97.0 Å². The molecule has 2 aliphatic rings. The molecule has 50 heavy (non-hydrogen) atoms. The summed E-state index contributed by atoms with van der Waals surface area (Å²) in [6.07, 6.45) is 2.53. The average Bonchev–Trinajstić information content (AvgIpc) is 3.14. The molecule has 0 saturated carbocycles. The van der Waals surface area contributed by atoms with Gasteiger partial charge in [-0.15, -0.1) is 0 Å². The molecule has 3 heterocycles. The molecule has 2 unspecified atom stereocenters. The van der Waals surface area contributed by atoms with Crippen molar-refractivity contribution < 1.29 is 19.2 Å². The van der Waals surface area contributed by atoms with Crippen molar-refractivity contribution in [1.29, 1.82) is 0 Å². The van der Waals surface area contributed by atoms with Gasteiger partial charge in [-0.25, -0.2) is 4.98 Å². The number of rotatable bonds is 11. The summed E-state index contributed by atoms with van der Waals surface area (Å²) in [4.78, 5) is 49.7. The van der Waals surface area contributed by atoms with E-state index in [-0.39, 0.29) is 23.8 Å². The Hall–Kier alpha value is -5.29. The molecule has 11 heteroatoms. The van der Waals surface area contributed by atoms with Crippen LogP contribution in [0.2, 0.25) is 0 Å². The molecule has 0 radical (unpaired) electrons. The summed E-state index contributed by atoms with van der Waals surface area (Å²) < 4.78 is 5.27. The topological polar surface area (TPSA) is 121 Å². The zero-order valence-corrected chi connectivity index (χ0v) is 28.7. The minimum absolute atomic E-state index is 0.164. The zero-order valence-electron chi connectivity index (χ0n) is 28.7. The minimum Gasteiger partial charge on any atom is -0.466 e. The van der Waals surface area contributed by atoms with Crippen molar-refractivity contribution in [3.63, 3.8) is 0 Å². The van der Waals surface area contributed by atoms with E-state index in [4.69, 9.17) is 9.72 Å². The van der Waals surface area contributed by atoms with Crippen molar-refractivity contribution in [1.82, 2.24) is 25.0 Å². The molecule has 0 aliphatic carbocycles. The zero-order chi connectivity index (χ0) is 35.0. The molecule has 2 aliphatic heterocycles. The fraction of sp³-hybridized carbons (Fsp3) is 0.359. The first-order valence-corrected chi connectivity index (χ1v) is 17.4. The smallest absolute Gasteiger partial charge is 0.310 e. The maximum atomic E-state index is 14.3. The highest BCUT2D eigenvalue weighted by Crippen LogP contribution is 2.33. The Bertz CT molecular complexity index is 1840. The number of amides is 1. The summed E-state index contributed by atoms with van der Waals surface area (Å²) >= 11 is 0. The molecule has 0 bridgehead atoms. The second-order valence-electron chi connectivity index (χ2n) is 12.9. The van der Waals surface area contributed by atoms with Gasteiger partial charge in [0.15, 0.2) is 5.82 Å². The molecular formula is C39H44N6O5. The number of nitro groups is 1. The summed E-state index contributed by atoms with van der Waals surface area (Å²) in [7, 11) is 0. The van der Waals surface area contributed by atoms with E-state index < -0.39 is 4.92 Å². The summed E-state index contributed by atoms with van der Waals surface area (Å²) in [6.45, 7) is 7.92. The monoisotopic (exact) mass is 676 g/mol. The van der Waals surface area contributed by atoms with Crippen molar-refractivity contribution in [3.8, 4) is 11.3 Å². The second-order valence-corrected chi connectivity index (χ2v) is 12.9. The number of aromatic nitrogens is 1. The SMILES string of the molecule is CCOC(=O)C1CCCN(/C(=C\[N+](=O)[O-])N2CCN(Cc3c(-c4ccccc4)nc4ccccc4c3C(=O)NC(C)c3ccccc3)CC2)C1. The van der Waals surface area contributed by atoms with E-state index in [2.05, 4.69) is 10.2 Å². The lowest BCUT2D eigenvalue weighted by Gasteiger charge is -2.42. The lowest BCUT2D eigenvalue weighted by molar-refractivity contribution is -0.405. The van der Waals surface area contributed by atoms with Crippen LogP contribution in [0.25, 0.3) is 22.2 Å². The van der Waals surface area contributed by atoms with E-state index >= 15 is 0 Å². The van der Waals surface area contributed by atoms with Crippen LogP contribution in [-0.2, 0) is 16.1 Å². The highest BCUT2D eigenvalue weighted by Gasteiger charge is 2.33. The predicted molar refractivity (Wildman–Crippen MR) is 192 cm³/mol. The minimum atomic E-state index is -0.413. The first-order chi connectivity index (χ1) is 24.3. The molecule has 4 aromatic rings. The number of carbonyl (C=O) groups is 2. The molecular weight excluding hydrogens is 632 g/mol. The van der Waals surface area contributed by atoms with Crippen molar-refractivity contribution >= 4 is 22.8 Å². The highest BCUT2D eigenvalue weighted by atomic mass is 16.6. The number of carbonyl (C=O) groups excluding carboxylic acids is 2. The lowest BCUT2D eigenvalue weighted by atomic mass is 9.95. The predicted octanol–water partition coefficient (Wildman–Crippen LogP) is 5.86. The number of pyridine rings is 1. The summed E-state index contributed by atoms with van der Waals surface area (Å²) in [5, 5.41) is 15.8. The Morgan fingerprint density at radius 3 is 2.34 bits per heavy atom. The molecule has 260 valence electrons. The van der Waals surface area contributed by atoms with Crippen LogP contribution in [0.5, 0.6) is 0 Å². The number of piperidine rings is 1. The number of esters is 1. The van der Waals surface area contributed by atoms with E-state index in [9.17, 15) is 19.7 Å². The number of fused-ring (bicyclic) bond motifs is 1. The number of nitrogens with one attached hydrogen (secondary N) is 1. The highest BCUT2D eigenvalue weighted by molar-refractivity contribution is 6.09. The van der Waals surface area contributed by atoms with Crippen LogP contribution in [0, 0.1) is 16.0 Å². The van der Waals surface area contributed by atoms with Crippen molar-refractivity contribution in [2.45, 2.75) is 39.3 Å². The van der Waals surface area contributed by atoms with Crippen LogP contribution in [0.1, 0.15) is 54.2 Å². The molecule has 0 spiro atoms. The third kappa shape index (κ3) is 7.94. The van der Waals surface area contributed by atoms with Gasteiger partial charge in [-0.05, 0) is 38.3 Å². The number of ether oxygens (including phenoxy) is 1. The van der Waals surface area contributed by atoms with Gasteiger partial charge < -0.3 is 19.9 Å². The van der Waals surface area contributed by atoms with Gasteiger partial charge in [-0.3, -0.25) is 24.6 Å². The number of piperazine rings is 1. The van der Waals surface area contributed by atoms with Gasteiger partial charge in [-0.2, -0.15) is 0 Å². The molecule has 6 rings (SSSR count). The molecule has 1 amide bonds. The van der Waals surface area contributed by atoms with E-state index in [0.717, 1.165) is 45.9 Å². The summed E-state index contributed by atoms with van der Waals surface area (Å²) in [5.74, 6) is -0.205. The maximum absolute atomic E-state index is 14.3. The largest absolute Gasteiger partial charge is 0.466 e. The number of benzene rings is 3. The number of para-hydroxylation sites is 1. The van der Waals surface area contributed by atoms with E-state index in [1.807, 2.05) is 102 Å². The van der Waals surface area contributed by atoms with E-state index in [1.54, 1.807) is 6.92 Å². The number of hydrogen-bond acceptors (Lipinski definition) is 9. The van der Waals surface area contributed by atoms with Crippen LogP contribution in [0.4, 0.5) is 0 Å². The Labute approximate surface area is 292 Å². The Morgan fingerprint density at radius 1 is 0.960 bits per heavy atom. The molecule has 2 atom stereocenters. The van der Waals surface area contributed by atoms with Crippen LogP contribution in [0.3, 0.4) is 0 Å². The van der Waals surface area contributed by atoms with Gasteiger partial charge in [0.25, 0.3) is 12.1 Å². The molecule has 3 aromatic carbocycles. The number of likely N-dealkylation sites (tertiary alicyclic amines) is 1. The van der Waals surface area contributed by atoms with Gasteiger partial charge in [-0.1, -0.05) is 78.9 Å². The third-order valence-electron chi connectivity index (χ3n) is 9.58. The molecule has 11 nitrogen and oxygen atoms in total. The third-order valence-corrected chi connectivity index (χ3v) is 9.58. The van der Waals surface area contributed by atoms with Gasteiger partial charge in [0.05, 0.1) is 40.3 Å². The quantitative estimate of drug-likeness (QED) is 0.118. The van der Waals surface area contributed by atoms with Gasteiger partial charge in [0.1, 0.15) is 0 Å². The molecule has 2 saturated heterocycles. The summed E-state index contributed by atoms with van der Waals surface area (Å²) in [5.41, 5.74) is 4.89. The Balaban J connectivity index is 1.29. The summed E-state index contributed by atoms with van der Waals surface area (Å²) in [6, 6.07) is 27.4. The normalized spacial score (nSPS) is 17.7.